The monoisotopic (exact) mass is 870 g/mol. The molecule has 11 nitrogen and oxygen atoms in total. The van der Waals surface area contributed by atoms with Crippen LogP contribution in [-0.4, -0.2) is 131 Å². The molecule has 2 aromatic carbocycles. The zero-order chi connectivity index (χ0) is 45.4. The van der Waals surface area contributed by atoms with Gasteiger partial charge in [0.25, 0.3) is 0 Å². The van der Waals surface area contributed by atoms with Crippen LogP contribution in [0.3, 0.4) is 0 Å². The van der Waals surface area contributed by atoms with Gasteiger partial charge in [0, 0.05) is 99.2 Å². The van der Waals surface area contributed by atoms with Crippen LogP contribution in [0.5, 0.6) is 0 Å². The number of hydrogen-bond acceptors (Lipinski definition) is 11. The lowest BCUT2D eigenvalue weighted by Gasteiger charge is -2.33. The Balaban J connectivity index is 0.000000205. The van der Waals surface area contributed by atoms with E-state index in [-0.39, 0.29) is 0 Å². The van der Waals surface area contributed by atoms with Gasteiger partial charge < -0.3 is 46.6 Å². The van der Waals surface area contributed by atoms with Crippen molar-refractivity contribution in [3.8, 4) is 0 Å². The molecular formula is C53H79N11. The molecule has 0 spiro atoms. The van der Waals surface area contributed by atoms with Gasteiger partial charge in [-0.1, -0.05) is 58.9 Å². The number of nitrogens with one attached hydrogen (secondary N) is 6. The summed E-state index contributed by atoms with van der Waals surface area (Å²) in [5, 5.41) is 23.9. The minimum atomic E-state index is 0.635. The molecule has 2 saturated heterocycles. The van der Waals surface area contributed by atoms with Crippen molar-refractivity contribution in [2.45, 2.75) is 66.7 Å². The number of aromatic nitrogens is 2. The van der Waals surface area contributed by atoms with Crippen LogP contribution in [0.4, 0.5) is 11.4 Å². The Labute approximate surface area is 385 Å². The number of rotatable bonds is 17. The number of dihydropyridines is 2. The predicted octanol–water partition coefficient (Wildman–Crippen LogP) is 7.73. The summed E-state index contributed by atoms with van der Waals surface area (Å²) in [7, 11) is 8.50. The summed E-state index contributed by atoms with van der Waals surface area (Å²) in [5.74, 6) is 1.86. The highest BCUT2D eigenvalue weighted by atomic mass is 15.3. The maximum atomic E-state index is 5.11. The fourth-order valence-corrected chi connectivity index (χ4v) is 8.62. The standard InChI is InChI=1S/C26H37N5.C25H36N6.C2H6/c1-5-18-12-22-25(28-10-7-11-31(3)4)14-24(30-26(22)13-19(18)6-2)20-8-9-23(29-17-20)21-15-27-16-21;1-4-19-6-8-21-23(27-10-5-13-30(2)3)17-22(29-24(21)16-19)20-7-9-25(28-18-20)31-14-11-26-12-15-31;1-2/h8-9,12-14,21,27,29H,5-7,10-11,15-17H2,1-4H3,(H,28,30);6-9,16-17,26,28H,4-5,10-15,18H2,1-3H3,(H,27,29);1-2H3. The second kappa shape index (κ2) is 24.4. The second-order valence-corrected chi connectivity index (χ2v) is 17.7. The van der Waals surface area contributed by atoms with Gasteiger partial charge in [0.2, 0.25) is 0 Å². The van der Waals surface area contributed by atoms with Crippen LogP contribution in [-0.2, 0) is 19.3 Å². The van der Waals surface area contributed by atoms with E-state index in [0.717, 1.165) is 133 Å². The molecule has 0 saturated carbocycles. The van der Waals surface area contributed by atoms with Crippen LogP contribution in [0.2, 0.25) is 0 Å². The molecule has 346 valence electrons. The first-order chi connectivity index (χ1) is 31.2. The molecule has 0 radical (unpaired) electrons. The number of benzene rings is 2. The molecule has 6 N–H and O–H groups in total. The molecule has 11 heteroatoms. The molecule has 8 rings (SSSR count). The Morgan fingerprint density at radius 3 is 1.73 bits per heavy atom. The number of pyridine rings is 2. The van der Waals surface area contributed by atoms with Crippen LogP contribution >= 0.6 is 0 Å². The largest absolute Gasteiger partial charge is 0.384 e. The topological polar surface area (TPSA) is 108 Å². The fourth-order valence-electron chi connectivity index (χ4n) is 8.62. The summed E-state index contributed by atoms with van der Waals surface area (Å²) >= 11 is 0. The Morgan fingerprint density at radius 1 is 0.641 bits per heavy atom. The second-order valence-electron chi connectivity index (χ2n) is 17.7. The summed E-state index contributed by atoms with van der Waals surface area (Å²) in [5.41, 5.74) is 14.7. The summed E-state index contributed by atoms with van der Waals surface area (Å²) in [6.07, 6.45) is 14.3. The van der Waals surface area contributed by atoms with Gasteiger partial charge in [-0.15, -0.1) is 0 Å². The van der Waals surface area contributed by atoms with Crippen molar-refractivity contribution < 1.29 is 0 Å². The number of nitrogens with zero attached hydrogens (tertiary/aromatic N) is 5. The van der Waals surface area contributed by atoms with E-state index in [1.807, 2.05) is 13.8 Å². The van der Waals surface area contributed by atoms with E-state index in [9.17, 15) is 0 Å². The van der Waals surface area contributed by atoms with Crippen molar-refractivity contribution in [3.05, 3.63) is 106 Å². The average molecular weight is 870 g/mol. The van der Waals surface area contributed by atoms with E-state index in [2.05, 4.69) is 162 Å². The van der Waals surface area contributed by atoms with E-state index < -0.39 is 0 Å². The average Bonchev–Trinajstić information content (AvgIpc) is 3.31. The highest BCUT2D eigenvalue weighted by molar-refractivity contribution is 5.95. The van der Waals surface area contributed by atoms with Gasteiger partial charge in [0.1, 0.15) is 5.82 Å². The fraction of sp³-hybridized carbons (Fsp3) is 0.509. The number of hydrogen-bond donors (Lipinski definition) is 6. The molecule has 6 heterocycles. The van der Waals surface area contributed by atoms with Crippen molar-refractivity contribution in [2.75, 3.05) is 117 Å². The van der Waals surface area contributed by atoms with E-state index in [1.165, 1.54) is 61.5 Å². The summed E-state index contributed by atoms with van der Waals surface area (Å²) < 4.78 is 0. The van der Waals surface area contributed by atoms with Crippen molar-refractivity contribution in [1.29, 1.82) is 0 Å². The van der Waals surface area contributed by atoms with Crippen LogP contribution in [0.15, 0.2) is 78.3 Å². The number of fused-ring (bicyclic) bond motifs is 2. The third-order valence-corrected chi connectivity index (χ3v) is 12.6. The lowest BCUT2D eigenvalue weighted by Crippen LogP contribution is -2.46. The summed E-state index contributed by atoms with van der Waals surface area (Å²) in [6, 6.07) is 15.8. The molecule has 4 aliphatic rings. The molecule has 2 fully saturated rings. The van der Waals surface area contributed by atoms with Gasteiger partial charge in [-0.3, -0.25) is 0 Å². The first kappa shape index (κ1) is 48.5. The molecule has 0 aliphatic carbocycles. The van der Waals surface area contributed by atoms with Gasteiger partial charge in [-0.25, -0.2) is 9.97 Å². The molecular weight excluding hydrogens is 791 g/mol. The number of aryl methyl sites for hydroxylation is 3. The molecule has 64 heavy (non-hydrogen) atoms. The van der Waals surface area contributed by atoms with Crippen molar-refractivity contribution >= 4 is 44.3 Å². The Morgan fingerprint density at radius 2 is 1.22 bits per heavy atom. The third-order valence-electron chi connectivity index (χ3n) is 12.6. The Bertz CT molecular complexity index is 2260. The van der Waals surface area contributed by atoms with Gasteiger partial charge in [-0.05, 0) is 144 Å². The number of anilines is 2. The van der Waals surface area contributed by atoms with Crippen molar-refractivity contribution in [1.82, 2.24) is 45.9 Å². The van der Waals surface area contributed by atoms with E-state index in [1.54, 1.807) is 0 Å². The zero-order valence-corrected chi connectivity index (χ0v) is 40.7. The van der Waals surface area contributed by atoms with Crippen LogP contribution in [0, 0.1) is 5.92 Å². The maximum absolute atomic E-state index is 5.11. The lowest BCUT2D eigenvalue weighted by atomic mass is 9.95. The molecule has 2 aromatic heterocycles. The molecule has 4 aliphatic heterocycles. The normalized spacial score (nSPS) is 16.3. The van der Waals surface area contributed by atoms with Gasteiger partial charge in [-0.2, -0.15) is 0 Å². The quantitative estimate of drug-likeness (QED) is 0.0588. The van der Waals surface area contributed by atoms with Gasteiger partial charge in [0.05, 0.1) is 22.4 Å². The molecule has 0 atom stereocenters. The maximum Gasteiger partial charge on any atom is 0.102 e. The highest BCUT2D eigenvalue weighted by Gasteiger charge is 2.23. The van der Waals surface area contributed by atoms with Gasteiger partial charge in [0.15, 0.2) is 0 Å². The van der Waals surface area contributed by atoms with Crippen molar-refractivity contribution in [3.63, 3.8) is 0 Å². The number of piperazine rings is 1. The summed E-state index contributed by atoms with van der Waals surface area (Å²) in [4.78, 5) is 17.0. The Hall–Kier alpha value is -4.94. The summed E-state index contributed by atoms with van der Waals surface area (Å²) in [6.45, 7) is 22.8. The van der Waals surface area contributed by atoms with E-state index >= 15 is 0 Å². The van der Waals surface area contributed by atoms with E-state index in [4.69, 9.17) is 9.97 Å². The predicted molar refractivity (Wildman–Crippen MR) is 275 cm³/mol. The smallest absolute Gasteiger partial charge is 0.102 e. The number of allylic oxidation sites excluding steroid dienone is 4. The SMILES string of the molecule is CC.CCc1cc2nc(C3=CC=C(C4CNC4)NC3)cc(NCCCN(C)C)c2cc1CC.CCc1ccc2c(NCCCN(C)C)cc(C3=CC=C(N4CCNCC4)NC3)nc2c1. The zero-order valence-electron chi connectivity index (χ0n) is 40.7. The molecule has 0 unspecified atom stereocenters. The highest BCUT2D eigenvalue weighted by Crippen LogP contribution is 2.32. The lowest BCUT2D eigenvalue weighted by molar-refractivity contribution is 0.282. The first-order valence-electron chi connectivity index (χ1n) is 24.4. The van der Waals surface area contributed by atoms with Crippen LogP contribution < -0.4 is 31.9 Å². The van der Waals surface area contributed by atoms with E-state index in [0.29, 0.717) is 5.92 Å². The molecule has 4 aromatic rings. The van der Waals surface area contributed by atoms with Crippen molar-refractivity contribution in [2.24, 2.45) is 5.92 Å². The Kier molecular flexibility index (Phi) is 18.5. The molecule has 0 amide bonds. The van der Waals surface area contributed by atoms with Gasteiger partial charge >= 0.3 is 0 Å². The van der Waals surface area contributed by atoms with Crippen LogP contribution in [0.1, 0.15) is 75.5 Å². The minimum Gasteiger partial charge on any atom is -0.384 e. The van der Waals surface area contributed by atoms with Crippen LogP contribution in [0.25, 0.3) is 33.0 Å². The first-order valence-corrected chi connectivity index (χ1v) is 24.4. The third kappa shape index (κ3) is 12.9. The minimum absolute atomic E-state index is 0.635. The molecule has 0 bridgehead atoms.